The summed E-state index contributed by atoms with van der Waals surface area (Å²) in [6.07, 6.45) is 1.89. The lowest BCUT2D eigenvalue weighted by Gasteiger charge is -2.47. The number of aliphatic hydroxyl groups excluding tert-OH is 2. The fourth-order valence-corrected chi connectivity index (χ4v) is 4.90. The molecule has 2 aliphatic heterocycles. The third-order valence-electron chi connectivity index (χ3n) is 4.85. The number of carboxylic acid groups (broad SMARTS) is 1. The van der Waals surface area contributed by atoms with E-state index in [1.807, 2.05) is 14.1 Å². The summed E-state index contributed by atoms with van der Waals surface area (Å²) in [7, 11) is 4.02. The number of carboxylic acids is 1. The third kappa shape index (κ3) is 4.02. The van der Waals surface area contributed by atoms with Crippen molar-refractivity contribution in [1.82, 2.24) is 9.80 Å². The first kappa shape index (κ1) is 20.2. The average Bonchev–Trinajstić information content (AvgIpc) is 2.79. The second-order valence-electron chi connectivity index (χ2n) is 6.96. The van der Waals surface area contributed by atoms with E-state index < -0.39 is 18.0 Å². The van der Waals surface area contributed by atoms with E-state index in [1.54, 1.807) is 6.92 Å². The summed E-state index contributed by atoms with van der Waals surface area (Å²) in [5.41, 5.74) is 0.0444. The monoisotopic (exact) mass is 372 g/mol. The van der Waals surface area contributed by atoms with Crippen molar-refractivity contribution in [2.24, 2.45) is 11.8 Å². The Labute approximate surface area is 152 Å². The number of nitrogens with zero attached hydrogens (tertiary/aromatic N) is 2. The number of carbonyl (C=O) groups is 2. The molecule has 2 rings (SSSR count). The fraction of sp³-hybridized carbons (Fsp3) is 0.765. The van der Waals surface area contributed by atoms with E-state index in [1.165, 1.54) is 16.7 Å². The number of hydrogen-bond acceptors (Lipinski definition) is 6. The Bertz CT molecular complexity index is 549. The van der Waals surface area contributed by atoms with Gasteiger partial charge in [0.25, 0.3) is 0 Å². The molecule has 0 aromatic rings. The molecule has 0 aromatic heterocycles. The van der Waals surface area contributed by atoms with Crippen molar-refractivity contribution in [3.05, 3.63) is 10.6 Å². The van der Waals surface area contributed by atoms with Crippen LogP contribution in [0.5, 0.6) is 0 Å². The average molecular weight is 372 g/mol. The van der Waals surface area contributed by atoms with Gasteiger partial charge >= 0.3 is 5.97 Å². The molecule has 1 fully saturated rings. The zero-order valence-corrected chi connectivity index (χ0v) is 15.8. The number of rotatable bonds is 10. The van der Waals surface area contributed by atoms with Crippen LogP contribution in [-0.4, -0.2) is 82.1 Å². The molecule has 0 saturated carbocycles. The molecule has 4 atom stereocenters. The molecule has 0 bridgehead atoms. The van der Waals surface area contributed by atoms with Gasteiger partial charge in [0.05, 0.1) is 24.7 Å². The van der Waals surface area contributed by atoms with Gasteiger partial charge in [0.15, 0.2) is 0 Å². The van der Waals surface area contributed by atoms with E-state index in [4.69, 9.17) is 5.11 Å². The highest BCUT2D eigenvalue weighted by molar-refractivity contribution is 8.03. The predicted octanol–water partition coefficient (Wildman–Crippen LogP) is 0.578. The lowest BCUT2D eigenvalue weighted by Crippen LogP contribution is -2.63. The van der Waals surface area contributed by atoms with Crippen LogP contribution < -0.4 is 0 Å². The van der Waals surface area contributed by atoms with E-state index in [2.05, 4.69) is 4.90 Å². The van der Waals surface area contributed by atoms with Gasteiger partial charge in [-0.1, -0.05) is 6.42 Å². The van der Waals surface area contributed by atoms with Gasteiger partial charge in [0.2, 0.25) is 5.91 Å². The summed E-state index contributed by atoms with van der Waals surface area (Å²) in [5.74, 6) is -1.65. The molecule has 1 saturated heterocycles. The third-order valence-corrected chi connectivity index (χ3v) is 6.05. The van der Waals surface area contributed by atoms with Gasteiger partial charge in [-0.05, 0) is 40.4 Å². The molecular formula is C17H28N2O5S. The maximum absolute atomic E-state index is 12.4. The molecule has 3 N–H and O–H groups in total. The number of aliphatic carboxylic acids is 1. The molecule has 0 aromatic carbocycles. The minimum atomic E-state index is -1.11. The van der Waals surface area contributed by atoms with Crippen molar-refractivity contribution < 1.29 is 24.9 Å². The number of amides is 1. The summed E-state index contributed by atoms with van der Waals surface area (Å²) in [6.45, 7) is 2.49. The van der Waals surface area contributed by atoms with Gasteiger partial charge in [-0.2, -0.15) is 0 Å². The number of aliphatic hydroxyl groups is 2. The number of unbranched alkanes of at least 4 members (excludes halogenated alkanes) is 1. The first-order chi connectivity index (χ1) is 11.8. The quantitative estimate of drug-likeness (QED) is 0.381. The lowest BCUT2D eigenvalue weighted by molar-refractivity contribution is -0.163. The molecule has 2 heterocycles. The van der Waals surface area contributed by atoms with Crippen molar-refractivity contribution in [3.63, 3.8) is 0 Å². The molecule has 0 unspecified atom stereocenters. The Morgan fingerprint density at radius 3 is 2.56 bits per heavy atom. The van der Waals surface area contributed by atoms with Gasteiger partial charge in [-0.25, -0.2) is 4.79 Å². The Kier molecular flexibility index (Phi) is 6.90. The standard InChI is InChI=1S/C17H28N2O5S/c1-10(21)12-13-11(6-4-5-7-18(2)3)15(25-9-8-20)14(17(23)24)19(13)16(12)22/h10-13,20-21H,4-9H2,1-3H3,(H,23,24)/t10-,11-,12-,13-/m1/s1. The summed E-state index contributed by atoms with van der Waals surface area (Å²) in [4.78, 5) is 28.3. The predicted molar refractivity (Wildman–Crippen MR) is 95.9 cm³/mol. The second kappa shape index (κ2) is 8.53. The lowest BCUT2D eigenvalue weighted by atomic mass is 9.77. The van der Waals surface area contributed by atoms with Crippen molar-refractivity contribution in [2.45, 2.75) is 38.3 Å². The summed E-state index contributed by atoms with van der Waals surface area (Å²) < 4.78 is 0. The molecule has 7 nitrogen and oxygen atoms in total. The smallest absolute Gasteiger partial charge is 0.353 e. The van der Waals surface area contributed by atoms with Gasteiger partial charge in [0, 0.05) is 16.6 Å². The molecule has 0 spiro atoms. The van der Waals surface area contributed by atoms with Crippen molar-refractivity contribution in [1.29, 1.82) is 0 Å². The molecule has 0 aliphatic carbocycles. The van der Waals surface area contributed by atoms with Gasteiger partial charge in [-0.3, -0.25) is 4.79 Å². The van der Waals surface area contributed by atoms with Crippen molar-refractivity contribution in [3.8, 4) is 0 Å². The molecule has 1 amide bonds. The van der Waals surface area contributed by atoms with E-state index in [-0.39, 0.29) is 30.2 Å². The van der Waals surface area contributed by atoms with Crippen molar-refractivity contribution >= 4 is 23.6 Å². The van der Waals surface area contributed by atoms with Crippen molar-refractivity contribution in [2.75, 3.05) is 33.0 Å². The van der Waals surface area contributed by atoms with Gasteiger partial charge in [-0.15, -0.1) is 11.8 Å². The van der Waals surface area contributed by atoms with Gasteiger partial charge in [0.1, 0.15) is 5.70 Å². The van der Waals surface area contributed by atoms with Gasteiger partial charge < -0.3 is 25.1 Å². The van der Waals surface area contributed by atoms with E-state index in [9.17, 15) is 19.8 Å². The number of hydrogen-bond donors (Lipinski definition) is 3. The largest absolute Gasteiger partial charge is 0.477 e. The van der Waals surface area contributed by atoms with E-state index in [0.717, 1.165) is 25.8 Å². The molecule has 2 aliphatic rings. The van der Waals surface area contributed by atoms with E-state index >= 15 is 0 Å². The van der Waals surface area contributed by atoms with Crippen LogP contribution in [0, 0.1) is 11.8 Å². The number of fused-ring (bicyclic) bond motifs is 1. The van der Waals surface area contributed by atoms with Crippen LogP contribution in [0.25, 0.3) is 0 Å². The second-order valence-corrected chi connectivity index (χ2v) is 8.10. The normalized spacial score (nSPS) is 26.9. The Hall–Kier alpha value is -1.09. The van der Waals surface area contributed by atoms with E-state index in [0.29, 0.717) is 10.7 Å². The molecule has 8 heteroatoms. The SMILES string of the molecule is C[C@@H](O)[C@H]1C(=O)N2C(C(=O)O)=C(SCCO)[C@H](CCCCN(C)C)[C@H]12. The number of thioether (sulfide) groups is 1. The van der Waals surface area contributed by atoms with Crippen LogP contribution in [0.15, 0.2) is 10.6 Å². The van der Waals surface area contributed by atoms with Crippen LogP contribution in [0.4, 0.5) is 0 Å². The Morgan fingerprint density at radius 2 is 2.04 bits per heavy atom. The summed E-state index contributed by atoms with van der Waals surface area (Å²) in [5, 5.41) is 28.7. The molecule has 25 heavy (non-hydrogen) atoms. The highest BCUT2D eigenvalue weighted by atomic mass is 32.2. The summed E-state index contributed by atoms with van der Waals surface area (Å²) in [6, 6.07) is -0.279. The van der Waals surface area contributed by atoms with Crippen LogP contribution in [0.3, 0.4) is 0 Å². The zero-order valence-electron chi connectivity index (χ0n) is 15.0. The number of β-lactam (4-membered cyclic amide) rings is 1. The molecule has 0 radical (unpaired) electrons. The Morgan fingerprint density at radius 1 is 1.36 bits per heavy atom. The first-order valence-electron chi connectivity index (χ1n) is 8.68. The van der Waals surface area contributed by atoms with Crippen LogP contribution in [0.2, 0.25) is 0 Å². The summed E-state index contributed by atoms with van der Waals surface area (Å²) >= 11 is 1.32. The topological polar surface area (TPSA) is 101 Å². The highest BCUT2D eigenvalue weighted by Crippen LogP contribution is 2.52. The van der Waals surface area contributed by atoms with Crippen LogP contribution in [-0.2, 0) is 9.59 Å². The van der Waals surface area contributed by atoms with Crippen LogP contribution >= 0.6 is 11.8 Å². The maximum atomic E-state index is 12.4. The molecular weight excluding hydrogens is 344 g/mol. The zero-order chi connectivity index (χ0) is 18.7. The first-order valence-corrected chi connectivity index (χ1v) is 9.66. The van der Waals surface area contributed by atoms with Crippen LogP contribution in [0.1, 0.15) is 26.2 Å². The Balaban J connectivity index is 2.23. The minimum Gasteiger partial charge on any atom is -0.477 e. The highest BCUT2D eigenvalue weighted by Gasteiger charge is 2.60. The minimum absolute atomic E-state index is 0.0444. The molecule has 142 valence electrons. The number of carbonyl (C=O) groups excluding carboxylic acids is 1. The maximum Gasteiger partial charge on any atom is 0.353 e. The fourth-order valence-electron chi connectivity index (χ4n) is 3.80.